The number of carbonyl (C=O) groups excluding carboxylic acids is 1. The van der Waals surface area contributed by atoms with Crippen LogP contribution in [-0.2, 0) is 23.7 Å². The highest BCUT2D eigenvalue weighted by molar-refractivity contribution is 7.81. The van der Waals surface area contributed by atoms with Crippen LogP contribution < -0.4 is 5.32 Å². The summed E-state index contributed by atoms with van der Waals surface area (Å²) in [6.07, 6.45) is 0. The van der Waals surface area contributed by atoms with Crippen molar-refractivity contribution in [2.24, 2.45) is 5.16 Å². The lowest BCUT2D eigenvalue weighted by Crippen LogP contribution is -2.50. The van der Waals surface area contributed by atoms with Gasteiger partial charge in [-0.25, -0.2) is 4.28 Å². The molecule has 1 unspecified atom stereocenters. The minimum Gasteiger partial charge on any atom is -0.340 e. The number of likely N-dealkylation sites (N-methyl/N-ethyl adjacent to an activating group) is 1. The van der Waals surface area contributed by atoms with Crippen molar-refractivity contribution in [3.63, 3.8) is 0 Å². The van der Waals surface area contributed by atoms with Gasteiger partial charge in [0.25, 0.3) is 0 Å². The van der Waals surface area contributed by atoms with Gasteiger partial charge in [0.15, 0.2) is 0 Å². The number of carbonyl (C=O) groups is 1. The zero-order chi connectivity index (χ0) is 10.6. The molecule has 0 aromatic rings. The fraction of sp³-hybridized carbons (Fsp3) is 0.500. The lowest BCUT2D eigenvalue weighted by atomic mass is 10.5. The Balaban J connectivity index is 2.57. The summed E-state index contributed by atoms with van der Waals surface area (Å²) in [5.41, 5.74) is 0. The van der Waals surface area contributed by atoms with Gasteiger partial charge in [-0.3, -0.25) is 15.0 Å². The van der Waals surface area contributed by atoms with Gasteiger partial charge >= 0.3 is 22.2 Å². The molecule has 2 bridgehead atoms. The maximum absolute atomic E-state index is 11.1. The first-order valence-corrected chi connectivity index (χ1v) is 4.68. The van der Waals surface area contributed by atoms with E-state index in [0.29, 0.717) is 0 Å². The predicted octanol–water partition coefficient (Wildman–Crippen LogP) is -2.74. The zero-order valence-electron chi connectivity index (χ0n) is 6.79. The van der Waals surface area contributed by atoms with E-state index in [9.17, 15) is 18.3 Å². The van der Waals surface area contributed by atoms with Crippen molar-refractivity contribution in [3.8, 4) is 0 Å². The fourth-order valence-electron chi connectivity index (χ4n) is 0.979. The van der Waals surface area contributed by atoms with E-state index in [1.165, 1.54) is 7.05 Å². The molecule has 0 aromatic carbocycles. The van der Waals surface area contributed by atoms with Crippen molar-refractivity contribution < 1.29 is 26.8 Å². The molecule has 1 saturated heterocycles. The second-order valence-electron chi connectivity index (χ2n) is 2.60. The van der Waals surface area contributed by atoms with Crippen LogP contribution in [0.25, 0.3) is 0 Å². The van der Waals surface area contributed by atoms with Crippen LogP contribution in [0.2, 0.25) is 0 Å². The van der Waals surface area contributed by atoms with Crippen molar-refractivity contribution in [2.45, 2.75) is 5.91 Å². The Kier molecular flexibility index (Phi) is 1.54. The quantitative estimate of drug-likeness (QED) is 0.457. The summed E-state index contributed by atoms with van der Waals surface area (Å²) in [4.78, 5) is 11.9. The molecule has 0 aliphatic carbocycles. The lowest BCUT2D eigenvalue weighted by molar-refractivity contribution is -0.202. The van der Waals surface area contributed by atoms with Gasteiger partial charge in [-0.05, 0) is 5.16 Å². The summed E-state index contributed by atoms with van der Waals surface area (Å²) < 4.78 is 29.7. The Morgan fingerprint density at radius 2 is 2.29 bits per heavy atom. The molecular formula is C4H5N3O6S. The highest BCUT2D eigenvalue weighted by atomic mass is 32.3. The van der Waals surface area contributed by atoms with E-state index in [1.54, 1.807) is 0 Å². The van der Waals surface area contributed by atoms with Gasteiger partial charge in [-0.2, -0.15) is 12.6 Å². The minimum atomic E-state index is -4.51. The second-order valence-corrected chi connectivity index (χ2v) is 3.73. The number of rotatable bonds is 0. The van der Waals surface area contributed by atoms with Gasteiger partial charge in [0.1, 0.15) is 0 Å². The first kappa shape index (κ1) is 9.18. The average Bonchev–Trinajstić information content (AvgIpc) is 2.20. The van der Waals surface area contributed by atoms with E-state index in [0.717, 1.165) is 4.90 Å². The van der Waals surface area contributed by atoms with E-state index < -0.39 is 22.2 Å². The largest absolute Gasteiger partial charge is 0.473 e. The smallest absolute Gasteiger partial charge is 0.340 e. The molecule has 0 saturated carbocycles. The van der Waals surface area contributed by atoms with Gasteiger partial charge in [0, 0.05) is 7.05 Å². The summed E-state index contributed by atoms with van der Waals surface area (Å²) in [6, 6.07) is 0. The number of fused-ring (bicyclic) bond motifs is 2. The van der Waals surface area contributed by atoms with Gasteiger partial charge in [-0.15, -0.1) is 0 Å². The molecule has 2 aliphatic rings. The van der Waals surface area contributed by atoms with E-state index in [2.05, 4.69) is 18.9 Å². The summed E-state index contributed by atoms with van der Waals surface area (Å²) in [6.45, 7) is 0. The van der Waals surface area contributed by atoms with Crippen LogP contribution in [0.15, 0.2) is 5.16 Å². The molecule has 2 aliphatic heterocycles. The first-order valence-electron chi connectivity index (χ1n) is 3.35. The molecule has 2 heterocycles. The predicted molar refractivity (Wildman–Crippen MR) is 39.4 cm³/mol. The number of guanidine groups is 1. The summed E-state index contributed by atoms with van der Waals surface area (Å²) >= 11 is 0. The van der Waals surface area contributed by atoms with Crippen LogP contribution in [0.4, 0.5) is 0 Å². The molecule has 2 N–H and O–H groups in total. The van der Waals surface area contributed by atoms with Crippen molar-refractivity contribution >= 4 is 22.3 Å². The van der Waals surface area contributed by atoms with Crippen molar-refractivity contribution in [3.05, 3.63) is 0 Å². The van der Waals surface area contributed by atoms with Crippen LogP contribution in [0.5, 0.6) is 0 Å². The third-order valence-corrected chi connectivity index (χ3v) is 2.42. The molecule has 1 atom stereocenters. The molecule has 0 radical (unpaired) electrons. The molecule has 9 nitrogen and oxygen atoms in total. The van der Waals surface area contributed by atoms with E-state index in [4.69, 9.17) is 0 Å². The first-order chi connectivity index (χ1) is 6.35. The number of amides is 1. The highest BCUT2D eigenvalue weighted by Crippen LogP contribution is 2.24. The van der Waals surface area contributed by atoms with Crippen molar-refractivity contribution in [2.75, 3.05) is 7.05 Å². The maximum atomic E-state index is 11.1. The summed E-state index contributed by atoms with van der Waals surface area (Å²) in [5, 5.41) is 14.6. The molecule has 0 aromatic heterocycles. The summed E-state index contributed by atoms with van der Waals surface area (Å²) in [5.74, 6) is -3.93. The van der Waals surface area contributed by atoms with Crippen molar-refractivity contribution in [1.29, 1.82) is 0 Å². The van der Waals surface area contributed by atoms with E-state index in [1.807, 2.05) is 0 Å². The van der Waals surface area contributed by atoms with Crippen LogP contribution in [-0.4, -0.2) is 43.2 Å². The van der Waals surface area contributed by atoms with Gasteiger partial charge in [0.2, 0.25) is 5.96 Å². The maximum Gasteiger partial charge on any atom is 0.473 e. The molecule has 1 fully saturated rings. The Morgan fingerprint density at radius 1 is 1.64 bits per heavy atom. The third kappa shape index (κ3) is 1.05. The van der Waals surface area contributed by atoms with Crippen molar-refractivity contribution in [1.82, 2.24) is 10.2 Å². The molecular weight excluding hydrogens is 218 g/mol. The SMILES string of the molecule is CN1C2=NOS(=O)(=O)OC1(O)C(=O)N2. The number of nitrogens with zero attached hydrogens (tertiary/aromatic N) is 2. The van der Waals surface area contributed by atoms with E-state index >= 15 is 0 Å². The molecule has 78 valence electrons. The van der Waals surface area contributed by atoms with Crippen LogP contribution >= 0.6 is 0 Å². The van der Waals surface area contributed by atoms with Crippen LogP contribution in [0.3, 0.4) is 0 Å². The van der Waals surface area contributed by atoms with Crippen LogP contribution in [0.1, 0.15) is 0 Å². The molecule has 10 heteroatoms. The van der Waals surface area contributed by atoms with E-state index in [-0.39, 0.29) is 5.96 Å². The van der Waals surface area contributed by atoms with Gasteiger partial charge in [0.05, 0.1) is 0 Å². The number of aliphatic hydroxyl groups is 1. The highest BCUT2D eigenvalue weighted by Gasteiger charge is 2.56. The third-order valence-electron chi connectivity index (χ3n) is 1.73. The normalized spacial score (nSPS) is 34.3. The summed E-state index contributed by atoms with van der Waals surface area (Å²) in [7, 11) is -3.31. The number of hydrogen-bond donors (Lipinski definition) is 2. The van der Waals surface area contributed by atoms with Crippen LogP contribution in [0, 0.1) is 0 Å². The Morgan fingerprint density at radius 3 is 2.93 bits per heavy atom. The molecule has 1 amide bonds. The Labute approximate surface area is 78.2 Å². The number of oxime groups is 1. The Bertz CT molecular complexity index is 428. The molecule has 0 spiro atoms. The number of hydrogen-bond acceptors (Lipinski definition) is 8. The monoisotopic (exact) mass is 223 g/mol. The van der Waals surface area contributed by atoms with Gasteiger partial charge < -0.3 is 5.11 Å². The average molecular weight is 223 g/mol. The molecule has 2 rings (SSSR count). The second kappa shape index (κ2) is 2.34. The Hall–Kier alpha value is -1.39. The molecule has 14 heavy (non-hydrogen) atoms. The van der Waals surface area contributed by atoms with Gasteiger partial charge in [-0.1, -0.05) is 0 Å². The zero-order valence-corrected chi connectivity index (χ0v) is 7.61. The standard InChI is InChI=1S/C4H5N3O6S/c1-7-3-5-2(8)4(7,9)12-14(10,11)13-6-3/h9H,1H3,(H,5,6,8). The topological polar surface area (TPSA) is 118 Å². The fourth-order valence-corrected chi connectivity index (χ4v) is 1.64. The lowest BCUT2D eigenvalue weighted by Gasteiger charge is -2.22. The minimum absolute atomic E-state index is 0.251. The number of nitrogens with one attached hydrogen (secondary N) is 1.